The third-order valence-electron chi connectivity index (χ3n) is 2.13. The molecule has 0 aromatic heterocycles. The Labute approximate surface area is 122 Å². The molecule has 10 nitrogen and oxygen atoms in total. The molecule has 0 fully saturated rings. The summed E-state index contributed by atoms with van der Waals surface area (Å²) in [7, 11) is -3.48. The Balaban J connectivity index is 4.49. The summed E-state index contributed by atoms with van der Waals surface area (Å²) in [6, 6.07) is -2.49. The van der Waals surface area contributed by atoms with Crippen LogP contribution in [0.2, 0.25) is 0 Å². The average molecular weight is 325 g/mol. The van der Waals surface area contributed by atoms with Gasteiger partial charge in [-0.15, -0.1) is 0 Å². The van der Waals surface area contributed by atoms with E-state index in [9.17, 15) is 22.8 Å². The van der Waals surface area contributed by atoms with Gasteiger partial charge < -0.3 is 20.8 Å². The number of carboxylic acid groups (broad SMARTS) is 2. The lowest BCUT2D eigenvalue weighted by molar-refractivity contribution is -0.145. The van der Waals surface area contributed by atoms with Gasteiger partial charge in [-0.05, 0) is 13.8 Å². The lowest BCUT2D eigenvalue weighted by Crippen LogP contribution is -2.54. The third kappa shape index (κ3) is 9.62. The molecule has 0 aromatic rings. The number of carboxylic acids is 2. The molecule has 0 aliphatic heterocycles. The number of carbonyl (C=O) groups excluding carboxylic acids is 1. The summed E-state index contributed by atoms with van der Waals surface area (Å²) in [6.07, 6.45) is 0.190. The fraction of sp³-hybridized carbons (Fsp3) is 0.700. The molecule has 0 saturated heterocycles. The number of rotatable bonds is 8. The summed E-state index contributed by atoms with van der Waals surface area (Å²) in [6.45, 7) is 2.91. The fourth-order valence-corrected chi connectivity index (χ4v) is 2.50. The van der Waals surface area contributed by atoms with Gasteiger partial charge in [0.25, 0.3) is 0 Å². The molecule has 11 heteroatoms. The second-order valence-corrected chi connectivity index (χ2v) is 6.82. The van der Waals surface area contributed by atoms with Crippen LogP contribution < -0.4 is 15.4 Å². The molecule has 0 saturated carbocycles. The van der Waals surface area contributed by atoms with Gasteiger partial charge >= 0.3 is 18.0 Å². The summed E-state index contributed by atoms with van der Waals surface area (Å²) < 4.78 is 24.5. The number of hydrogen-bond donors (Lipinski definition) is 5. The summed E-state index contributed by atoms with van der Waals surface area (Å²) in [5, 5.41) is 21.5. The van der Waals surface area contributed by atoms with Crippen LogP contribution in [0.3, 0.4) is 0 Å². The molecule has 0 spiro atoms. The quantitative estimate of drug-likeness (QED) is 0.364. The van der Waals surface area contributed by atoms with E-state index in [1.165, 1.54) is 13.8 Å². The van der Waals surface area contributed by atoms with Gasteiger partial charge in [0, 0.05) is 12.1 Å². The topological polar surface area (TPSA) is 162 Å². The van der Waals surface area contributed by atoms with E-state index in [0.29, 0.717) is 0 Å². The second-order valence-electron chi connectivity index (χ2n) is 5.07. The highest BCUT2D eigenvalue weighted by molar-refractivity contribution is 7.88. The predicted octanol–water partition coefficient (Wildman–Crippen LogP) is -1.46. The Hall–Kier alpha value is -1.88. The first kappa shape index (κ1) is 19.1. The highest BCUT2D eigenvalue weighted by Gasteiger charge is 2.26. The Kier molecular flexibility index (Phi) is 6.57. The van der Waals surface area contributed by atoms with Crippen LogP contribution in [0.1, 0.15) is 20.3 Å². The summed E-state index contributed by atoms with van der Waals surface area (Å²) in [5.41, 5.74) is -0.990. The van der Waals surface area contributed by atoms with Crippen molar-refractivity contribution >= 4 is 28.0 Å². The van der Waals surface area contributed by atoms with Gasteiger partial charge in [0.1, 0.15) is 6.04 Å². The maximum Gasteiger partial charge on any atom is 0.326 e. The molecule has 0 aliphatic rings. The second kappa shape index (κ2) is 7.22. The lowest BCUT2D eigenvalue weighted by Gasteiger charge is -2.25. The molecule has 2 amide bonds. The lowest BCUT2D eigenvalue weighted by atomic mass is 10.1. The van der Waals surface area contributed by atoms with Crippen molar-refractivity contribution in [2.45, 2.75) is 31.8 Å². The zero-order valence-corrected chi connectivity index (χ0v) is 12.7. The summed E-state index contributed by atoms with van der Waals surface area (Å²) >= 11 is 0. The minimum absolute atomic E-state index is 0.120. The van der Waals surface area contributed by atoms with Crippen LogP contribution in [0.5, 0.6) is 0 Å². The molecule has 0 heterocycles. The van der Waals surface area contributed by atoms with E-state index in [2.05, 4.69) is 10.0 Å². The van der Waals surface area contributed by atoms with Crippen LogP contribution in [-0.2, 0) is 19.6 Å². The number of sulfonamides is 1. The van der Waals surface area contributed by atoms with Gasteiger partial charge in [0.15, 0.2) is 0 Å². The molecule has 0 unspecified atom stereocenters. The van der Waals surface area contributed by atoms with Gasteiger partial charge in [-0.2, -0.15) is 0 Å². The SMILES string of the molecule is CC(C)(CNC(=O)N[C@@H](CC(=O)O)C(=O)O)NS(C)(=O)=O. The zero-order valence-electron chi connectivity index (χ0n) is 11.8. The molecule has 0 bridgehead atoms. The van der Waals surface area contributed by atoms with Crippen molar-refractivity contribution in [1.82, 2.24) is 15.4 Å². The molecule has 21 heavy (non-hydrogen) atoms. The first-order valence-corrected chi connectivity index (χ1v) is 7.69. The van der Waals surface area contributed by atoms with E-state index in [4.69, 9.17) is 10.2 Å². The molecule has 0 aromatic carbocycles. The highest BCUT2D eigenvalue weighted by atomic mass is 32.2. The molecule has 0 aliphatic carbocycles. The van der Waals surface area contributed by atoms with E-state index in [-0.39, 0.29) is 6.54 Å². The summed E-state index contributed by atoms with van der Waals surface area (Å²) in [5.74, 6) is -2.86. The summed E-state index contributed by atoms with van der Waals surface area (Å²) in [4.78, 5) is 32.7. The zero-order chi connectivity index (χ0) is 16.8. The van der Waals surface area contributed by atoms with E-state index in [1.807, 2.05) is 5.32 Å². The number of carbonyl (C=O) groups is 3. The van der Waals surface area contributed by atoms with Crippen LogP contribution in [0.25, 0.3) is 0 Å². The predicted molar refractivity (Wildman–Crippen MR) is 72.3 cm³/mol. The Bertz CT molecular complexity index is 515. The van der Waals surface area contributed by atoms with Crippen molar-refractivity contribution < 1.29 is 33.0 Å². The van der Waals surface area contributed by atoms with Gasteiger partial charge in [-0.25, -0.2) is 22.7 Å². The number of hydrogen-bond acceptors (Lipinski definition) is 5. The van der Waals surface area contributed by atoms with Gasteiger partial charge in [-0.3, -0.25) is 4.79 Å². The average Bonchev–Trinajstić information content (AvgIpc) is 2.21. The van der Waals surface area contributed by atoms with Crippen molar-refractivity contribution in [3.8, 4) is 0 Å². The molecule has 122 valence electrons. The van der Waals surface area contributed by atoms with Crippen LogP contribution in [0.15, 0.2) is 0 Å². The minimum atomic E-state index is -3.48. The third-order valence-corrected chi connectivity index (χ3v) is 3.06. The standard InChI is InChI=1S/C10H19N3O7S/c1-10(2,13-21(3,19)20)5-11-9(18)12-6(8(16)17)4-7(14)15/h6,13H,4-5H2,1-3H3,(H,14,15)(H,16,17)(H2,11,12,18)/t6-/m0/s1. The maximum absolute atomic E-state index is 11.5. The number of aliphatic carboxylic acids is 2. The Morgan fingerprint density at radius 3 is 2.10 bits per heavy atom. The van der Waals surface area contributed by atoms with Crippen LogP contribution in [-0.4, -0.2) is 61.0 Å². The minimum Gasteiger partial charge on any atom is -0.481 e. The van der Waals surface area contributed by atoms with Crippen molar-refractivity contribution in [3.63, 3.8) is 0 Å². The number of urea groups is 1. The van der Waals surface area contributed by atoms with Gasteiger partial charge in [0.05, 0.1) is 12.7 Å². The molecule has 5 N–H and O–H groups in total. The molecular formula is C10H19N3O7S. The van der Waals surface area contributed by atoms with Crippen LogP contribution in [0, 0.1) is 0 Å². The van der Waals surface area contributed by atoms with Gasteiger partial charge in [-0.1, -0.05) is 0 Å². The Morgan fingerprint density at radius 2 is 1.71 bits per heavy atom. The Morgan fingerprint density at radius 1 is 1.19 bits per heavy atom. The fourth-order valence-electron chi connectivity index (χ4n) is 1.42. The van der Waals surface area contributed by atoms with Crippen molar-refractivity contribution in [1.29, 1.82) is 0 Å². The van der Waals surface area contributed by atoms with Crippen molar-refractivity contribution in [2.24, 2.45) is 0 Å². The number of amides is 2. The normalized spacial score (nSPS) is 13.3. The first-order valence-electron chi connectivity index (χ1n) is 5.80. The largest absolute Gasteiger partial charge is 0.481 e. The highest BCUT2D eigenvalue weighted by Crippen LogP contribution is 2.02. The first-order chi connectivity index (χ1) is 9.32. The molecule has 1 atom stereocenters. The molecule has 0 rings (SSSR count). The van der Waals surface area contributed by atoms with E-state index < -0.39 is 46.0 Å². The monoisotopic (exact) mass is 325 g/mol. The van der Waals surface area contributed by atoms with E-state index >= 15 is 0 Å². The van der Waals surface area contributed by atoms with Crippen molar-refractivity contribution in [3.05, 3.63) is 0 Å². The van der Waals surface area contributed by atoms with E-state index in [0.717, 1.165) is 6.26 Å². The van der Waals surface area contributed by atoms with Crippen LogP contribution >= 0.6 is 0 Å². The smallest absolute Gasteiger partial charge is 0.326 e. The maximum atomic E-state index is 11.5. The van der Waals surface area contributed by atoms with E-state index in [1.54, 1.807) is 0 Å². The molecule has 0 radical (unpaired) electrons. The molecular weight excluding hydrogens is 306 g/mol. The van der Waals surface area contributed by atoms with Crippen molar-refractivity contribution in [2.75, 3.05) is 12.8 Å². The van der Waals surface area contributed by atoms with Crippen LogP contribution in [0.4, 0.5) is 4.79 Å². The van der Waals surface area contributed by atoms with Gasteiger partial charge in [0.2, 0.25) is 10.0 Å². The number of nitrogens with one attached hydrogen (secondary N) is 3.